The van der Waals surface area contributed by atoms with E-state index in [1.54, 1.807) is 0 Å². The van der Waals surface area contributed by atoms with Crippen molar-refractivity contribution in [3.05, 3.63) is 0 Å². The molecule has 0 fully saturated rings. The molecule has 0 saturated heterocycles. The van der Waals surface area contributed by atoms with Gasteiger partial charge in [-0.25, -0.2) is 0 Å². The summed E-state index contributed by atoms with van der Waals surface area (Å²) in [6.45, 7) is 2.23. The van der Waals surface area contributed by atoms with Crippen molar-refractivity contribution in [3.63, 3.8) is 0 Å². The molecule has 0 saturated carbocycles. The zero-order chi connectivity index (χ0) is 20.1. The highest BCUT2D eigenvalue weighted by Gasteiger charge is 2.27. The van der Waals surface area contributed by atoms with Gasteiger partial charge in [0.25, 0.3) is 0 Å². The second-order valence-electron chi connectivity index (χ2n) is 6.70. The largest absolute Gasteiger partial charge is 0.481 e. The minimum Gasteiger partial charge on any atom is -0.481 e. The van der Waals surface area contributed by atoms with Crippen molar-refractivity contribution in [2.45, 2.75) is 100 Å². The number of rotatable bonds is 16. The van der Waals surface area contributed by atoms with E-state index in [1.807, 2.05) is 0 Å². The average molecular weight is 758 g/mol. The van der Waals surface area contributed by atoms with Crippen LogP contribution in [-0.4, -0.2) is 40.0 Å². The Morgan fingerprint density at radius 2 is 1.08 bits per heavy atom. The third-order valence-corrected chi connectivity index (χ3v) is 12.7. The molecule has 0 radical (unpaired) electrons. The maximum Gasteiger partial charge on any atom is 0.303 e. The van der Waals surface area contributed by atoms with Crippen LogP contribution in [0.25, 0.3) is 0 Å². The summed E-state index contributed by atoms with van der Waals surface area (Å²) in [4.78, 5) is 13.0. The highest BCUT2D eigenvalue weighted by atomic mass is 79.9. The number of halogens is 6. The summed E-state index contributed by atoms with van der Waals surface area (Å²) < 4.78 is 0. The van der Waals surface area contributed by atoms with Gasteiger partial charge in [0.2, 0.25) is 0 Å². The Balaban J connectivity index is 4.13. The number of carboxylic acid groups (broad SMARTS) is 1. The molecule has 0 spiro atoms. The van der Waals surface area contributed by atoms with Crippen LogP contribution >= 0.6 is 95.6 Å². The number of carbonyl (C=O) groups is 1. The third kappa shape index (κ3) is 14.4. The van der Waals surface area contributed by atoms with Crippen molar-refractivity contribution in [1.82, 2.24) is 0 Å². The number of hydrogen-bond acceptors (Lipinski definition) is 1. The van der Waals surface area contributed by atoms with Crippen molar-refractivity contribution < 1.29 is 9.90 Å². The van der Waals surface area contributed by atoms with Gasteiger partial charge in [-0.1, -0.05) is 128 Å². The molecule has 0 rings (SSSR count). The van der Waals surface area contributed by atoms with Gasteiger partial charge in [-0.2, -0.15) is 0 Å². The first kappa shape index (κ1) is 28.4. The summed E-state index contributed by atoms with van der Waals surface area (Å²) in [6, 6.07) is 0. The summed E-state index contributed by atoms with van der Waals surface area (Å²) in [7, 11) is 0. The fraction of sp³-hybridized carbons (Fsp3) is 0.944. The maximum absolute atomic E-state index is 10.6. The van der Waals surface area contributed by atoms with Crippen molar-refractivity contribution in [2.75, 3.05) is 0 Å². The van der Waals surface area contributed by atoms with E-state index >= 15 is 0 Å². The van der Waals surface area contributed by atoms with Gasteiger partial charge in [-0.15, -0.1) is 0 Å². The fourth-order valence-electron chi connectivity index (χ4n) is 2.59. The summed E-state index contributed by atoms with van der Waals surface area (Å²) in [5, 5.41) is 8.70. The molecule has 0 unspecified atom stereocenters. The van der Waals surface area contributed by atoms with E-state index in [1.165, 1.54) is 25.7 Å². The maximum atomic E-state index is 10.6. The molecule has 0 bridgehead atoms. The van der Waals surface area contributed by atoms with E-state index in [4.69, 9.17) is 5.11 Å². The zero-order valence-electron chi connectivity index (χ0n) is 15.2. The number of aliphatic carboxylic acids is 1. The van der Waals surface area contributed by atoms with Crippen LogP contribution in [0.15, 0.2) is 0 Å². The first-order valence-corrected chi connectivity index (χ1v) is 14.7. The van der Waals surface area contributed by atoms with Crippen LogP contribution in [0, 0.1) is 0 Å². The van der Waals surface area contributed by atoms with Crippen LogP contribution in [0.5, 0.6) is 0 Å². The lowest BCUT2D eigenvalue weighted by atomic mass is 10.0. The summed E-state index contributed by atoms with van der Waals surface area (Å²) in [5.74, 6) is -0.710. The first-order valence-electron chi connectivity index (χ1n) is 9.25. The lowest BCUT2D eigenvalue weighted by molar-refractivity contribution is -0.137. The standard InChI is InChI=1S/C18H30Br6O2/c1-2-3-4-7-12(19)14(21)10-16(23)17(24)11-15(22)13(20)8-5-6-9-18(25)26/h12-17H,2-11H2,1H3,(H,25,26)/t12-,13+,14-,15-,16-,17+/m0/s1. The Hall–Kier alpha value is 2.35. The molecule has 26 heavy (non-hydrogen) atoms. The smallest absolute Gasteiger partial charge is 0.303 e. The van der Waals surface area contributed by atoms with Crippen molar-refractivity contribution in [2.24, 2.45) is 0 Å². The molecule has 1 N–H and O–H groups in total. The van der Waals surface area contributed by atoms with Crippen LogP contribution in [0.1, 0.15) is 71.1 Å². The lowest BCUT2D eigenvalue weighted by Crippen LogP contribution is -2.27. The average Bonchev–Trinajstić information content (AvgIpc) is 2.57. The Labute approximate surface area is 209 Å². The van der Waals surface area contributed by atoms with E-state index in [9.17, 15) is 4.79 Å². The molecule has 0 aliphatic carbocycles. The van der Waals surface area contributed by atoms with Gasteiger partial charge in [-0.05, 0) is 32.1 Å². The van der Waals surface area contributed by atoms with Gasteiger partial charge in [0.1, 0.15) is 0 Å². The first-order chi connectivity index (χ1) is 12.2. The van der Waals surface area contributed by atoms with Crippen molar-refractivity contribution in [1.29, 1.82) is 0 Å². The van der Waals surface area contributed by atoms with Gasteiger partial charge < -0.3 is 5.11 Å². The Kier molecular flexibility index (Phi) is 18.6. The molecular formula is C18H30Br6O2. The second kappa shape index (κ2) is 17.1. The topological polar surface area (TPSA) is 37.3 Å². The fourth-order valence-corrected chi connectivity index (χ4v) is 7.24. The van der Waals surface area contributed by atoms with Gasteiger partial charge >= 0.3 is 5.97 Å². The van der Waals surface area contributed by atoms with Crippen LogP contribution in [0.4, 0.5) is 0 Å². The van der Waals surface area contributed by atoms with E-state index in [-0.39, 0.29) is 6.42 Å². The van der Waals surface area contributed by atoms with Crippen LogP contribution < -0.4 is 0 Å². The molecular weight excluding hydrogens is 728 g/mol. The van der Waals surface area contributed by atoms with Crippen molar-refractivity contribution >= 4 is 102 Å². The predicted molar refractivity (Wildman–Crippen MR) is 136 cm³/mol. The molecule has 0 aliphatic heterocycles. The Morgan fingerprint density at radius 1 is 0.692 bits per heavy atom. The normalized spacial score (nSPS) is 18.7. The number of unbranched alkanes of at least 4 members (excludes halogenated alkanes) is 3. The van der Waals surface area contributed by atoms with Crippen LogP contribution in [0.2, 0.25) is 0 Å². The van der Waals surface area contributed by atoms with Crippen molar-refractivity contribution in [3.8, 4) is 0 Å². The highest BCUT2D eigenvalue weighted by molar-refractivity contribution is 9.13. The van der Waals surface area contributed by atoms with E-state index in [0.717, 1.165) is 32.1 Å². The number of hydrogen-bond donors (Lipinski definition) is 1. The van der Waals surface area contributed by atoms with Crippen LogP contribution in [-0.2, 0) is 4.79 Å². The Bertz CT molecular complexity index is 372. The Morgan fingerprint density at radius 3 is 1.46 bits per heavy atom. The molecule has 0 aliphatic rings. The molecule has 0 aromatic carbocycles. The van der Waals surface area contributed by atoms with E-state index in [0.29, 0.717) is 29.0 Å². The minimum atomic E-state index is -0.710. The quantitative estimate of drug-likeness (QED) is 0.127. The molecule has 0 aromatic rings. The molecule has 156 valence electrons. The second-order valence-corrected chi connectivity index (χ2v) is 13.8. The molecule has 2 nitrogen and oxygen atoms in total. The zero-order valence-corrected chi connectivity index (χ0v) is 24.7. The molecule has 6 atom stereocenters. The van der Waals surface area contributed by atoms with Gasteiger partial charge in [0, 0.05) is 35.4 Å². The lowest BCUT2D eigenvalue weighted by Gasteiger charge is -2.25. The minimum absolute atomic E-state index is 0.260. The molecule has 0 heterocycles. The SMILES string of the molecule is CCCCC[C@H](Br)[C@@H](Br)C[C@H](Br)[C@H](Br)C[C@H](Br)[C@H](Br)CCCCC(=O)O. The predicted octanol–water partition coefficient (Wildman–Crippen LogP) is 8.57. The molecule has 0 aromatic heterocycles. The van der Waals surface area contributed by atoms with Gasteiger partial charge in [0.05, 0.1) is 0 Å². The monoisotopic (exact) mass is 752 g/mol. The van der Waals surface area contributed by atoms with Crippen LogP contribution in [0.3, 0.4) is 0 Å². The molecule has 8 heteroatoms. The highest BCUT2D eigenvalue weighted by Crippen LogP contribution is 2.33. The summed E-state index contributed by atoms with van der Waals surface area (Å²) >= 11 is 22.9. The van der Waals surface area contributed by atoms with E-state index in [2.05, 4.69) is 103 Å². The summed E-state index contributed by atoms with van der Waals surface area (Å²) in [6.07, 6.45) is 10.0. The van der Waals surface area contributed by atoms with Gasteiger partial charge in [0.15, 0.2) is 0 Å². The van der Waals surface area contributed by atoms with Gasteiger partial charge in [-0.3, -0.25) is 4.79 Å². The number of carboxylic acids is 1. The molecule has 0 amide bonds. The third-order valence-electron chi connectivity index (χ3n) is 4.28. The summed E-state index contributed by atoms with van der Waals surface area (Å²) in [5.41, 5.74) is 0. The van der Waals surface area contributed by atoms with E-state index < -0.39 is 5.97 Å². The number of alkyl halides is 6.